The fraction of sp³-hybridized carbons (Fsp3) is 1.00. The maximum Gasteiger partial charge on any atom is -0.0300 e. The first kappa shape index (κ1) is 6.69. The lowest BCUT2D eigenvalue weighted by atomic mass is 9.60. The van der Waals surface area contributed by atoms with E-state index in [4.69, 9.17) is 0 Å². The summed E-state index contributed by atoms with van der Waals surface area (Å²) in [6.07, 6.45) is 10.7. The minimum absolute atomic E-state index is 0.828. The molecule has 0 spiro atoms. The van der Waals surface area contributed by atoms with E-state index in [1.807, 2.05) is 0 Å². The monoisotopic (exact) mass is 138 g/mol. The van der Waals surface area contributed by atoms with Crippen molar-refractivity contribution in [1.29, 1.82) is 0 Å². The standard InChI is InChI=1S/C10H18/c1-2-10-6-3-9(4-7-10)5-8-10/h9H,2-8H2,1H3. The summed E-state index contributed by atoms with van der Waals surface area (Å²) in [5.74, 6) is 1.13. The molecular weight excluding hydrogens is 120 g/mol. The fourth-order valence-electron chi connectivity index (χ4n) is 2.87. The van der Waals surface area contributed by atoms with Crippen LogP contribution in [-0.2, 0) is 0 Å². The molecule has 0 aromatic rings. The fourth-order valence-corrected chi connectivity index (χ4v) is 2.87. The van der Waals surface area contributed by atoms with Gasteiger partial charge in [0, 0.05) is 0 Å². The number of hydrogen-bond donors (Lipinski definition) is 0. The molecule has 10 heavy (non-hydrogen) atoms. The van der Waals surface area contributed by atoms with Gasteiger partial charge in [0.25, 0.3) is 0 Å². The molecule has 0 aromatic carbocycles. The van der Waals surface area contributed by atoms with Gasteiger partial charge in [-0.05, 0) is 49.9 Å². The molecule has 3 rings (SSSR count). The quantitative estimate of drug-likeness (QED) is 0.521. The summed E-state index contributed by atoms with van der Waals surface area (Å²) < 4.78 is 0. The third-order valence-electron chi connectivity index (χ3n) is 4.00. The highest BCUT2D eigenvalue weighted by molar-refractivity contribution is 4.90. The molecule has 3 aliphatic carbocycles. The molecule has 0 amide bonds. The Morgan fingerprint density at radius 3 is 1.90 bits per heavy atom. The molecule has 0 atom stereocenters. The van der Waals surface area contributed by atoms with E-state index < -0.39 is 0 Å². The smallest absolute Gasteiger partial charge is 0.0300 e. The second-order valence-electron chi connectivity index (χ2n) is 4.34. The van der Waals surface area contributed by atoms with E-state index in [0.29, 0.717) is 0 Å². The molecule has 0 unspecified atom stereocenters. The number of rotatable bonds is 1. The van der Waals surface area contributed by atoms with Crippen LogP contribution in [0.25, 0.3) is 0 Å². The molecule has 0 heterocycles. The van der Waals surface area contributed by atoms with Crippen LogP contribution in [0.4, 0.5) is 0 Å². The highest BCUT2D eigenvalue weighted by Gasteiger charge is 2.38. The van der Waals surface area contributed by atoms with E-state index in [9.17, 15) is 0 Å². The second kappa shape index (κ2) is 2.25. The largest absolute Gasteiger partial charge is 0.0649 e. The van der Waals surface area contributed by atoms with Gasteiger partial charge in [0.1, 0.15) is 0 Å². The van der Waals surface area contributed by atoms with Crippen molar-refractivity contribution in [2.75, 3.05) is 0 Å². The lowest BCUT2D eigenvalue weighted by Crippen LogP contribution is -2.33. The molecule has 0 heteroatoms. The van der Waals surface area contributed by atoms with Crippen LogP contribution in [0, 0.1) is 11.3 Å². The van der Waals surface area contributed by atoms with Crippen molar-refractivity contribution in [3.8, 4) is 0 Å². The molecule has 0 N–H and O–H groups in total. The van der Waals surface area contributed by atoms with Crippen LogP contribution in [0.1, 0.15) is 51.9 Å². The van der Waals surface area contributed by atoms with E-state index >= 15 is 0 Å². The predicted molar refractivity (Wildman–Crippen MR) is 43.9 cm³/mol. The van der Waals surface area contributed by atoms with Crippen molar-refractivity contribution in [3.63, 3.8) is 0 Å². The Kier molecular flexibility index (Phi) is 1.51. The van der Waals surface area contributed by atoms with E-state index in [2.05, 4.69) is 6.92 Å². The zero-order valence-electron chi connectivity index (χ0n) is 7.03. The first-order chi connectivity index (χ1) is 4.85. The maximum atomic E-state index is 2.38. The van der Waals surface area contributed by atoms with Crippen molar-refractivity contribution < 1.29 is 0 Å². The van der Waals surface area contributed by atoms with Crippen LogP contribution in [0.2, 0.25) is 0 Å². The average Bonchev–Trinajstić information content (AvgIpc) is 2.08. The molecule has 0 radical (unpaired) electrons. The van der Waals surface area contributed by atoms with Gasteiger partial charge in [0.2, 0.25) is 0 Å². The summed E-state index contributed by atoms with van der Waals surface area (Å²) in [4.78, 5) is 0. The summed E-state index contributed by atoms with van der Waals surface area (Å²) in [7, 11) is 0. The van der Waals surface area contributed by atoms with E-state index in [-0.39, 0.29) is 0 Å². The van der Waals surface area contributed by atoms with Crippen molar-refractivity contribution in [1.82, 2.24) is 0 Å². The summed E-state index contributed by atoms with van der Waals surface area (Å²) in [5, 5.41) is 0. The van der Waals surface area contributed by atoms with E-state index in [0.717, 1.165) is 11.3 Å². The Hall–Kier alpha value is 0. The lowest BCUT2D eigenvalue weighted by Gasteiger charge is -2.46. The molecule has 58 valence electrons. The van der Waals surface area contributed by atoms with Gasteiger partial charge < -0.3 is 0 Å². The van der Waals surface area contributed by atoms with Crippen molar-refractivity contribution in [2.45, 2.75) is 51.9 Å². The van der Waals surface area contributed by atoms with Gasteiger partial charge in [-0.15, -0.1) is 0 Å². The SMILES string of the molecule is CCC12CCC(CC1)CC2. The highest BCUT2D eigenvalue weighted by atomic mass is 14.4. The Morgan fingerprint density at radius 1 is 1.10 bits per heavy atom. The average molecular weight is 138 g/mol. The molecule has 2 bridgehead atoms. The van der Waals surface area contributed by atoms with Gasteiger partial charge in [-0.2, -0.15) is 0 Å². The van der Waals surface area contributed by atoms with Crippen LogP contribution in [0.15, 0.2) is 0 Å². The summed E-state index contributed by atoms with van der Waals surface area (Å²) in [6, 6.07) is 0. The number of hydrogen-bond acceptors (Lipinski definition) is 0. The lowest BCUT2D eigenvalue weighted by molar-refractivity contribution is 0.0614. The topological polar surface area (TPSA) is 0 Å². The normalized spacial score (nSPS) is 45.9. The van der Waals surface area contributed by atoms with E-state index in [1.165, 1.54) is 6.42 Å². The van der Waals surface area contributed by atoms with Crippen LogP contribution in [0.5, 0.6) is 0 Å². The van der Waals surface area contributed by atoms with Crippen molar-refractivity contribution >= 4 is 0 Å². The van der Waals surface area contributed by atoms with Crippen molar-refractivity contribution in [3.05, 3.63) is 0 Å². The van der Waals surface area contributed by atoms with Crippen LogP contribution < -0.4 is 0 Å². The summed E-state index contributed by atoms with van der Waals surface area (Å²) >= 11 is 0. The molecule has 3 saturated carbocycles. The highest BCUT2D eigenvalue weighted by Crippen LogP contribution is 2.51. The molecule has 0 saturated heterocycles. The zero-order valence-corrected chi connectivity index (χ0v) is 7.03. The van der Waals surface area contributed by atoms with E-state index in [1.54, 1.807) is 38.5 Å². The summed E-state index contributed by atoms with van der Waals surface area (Å²) in [5.41, 5.74) is 0.828. The minimum Gasteiger partial charge on any atom is -0.0649 e. The minimum atomic E-state index is 0.828. The molecule has 3 aliphatic rings. The van der Waals surface area contributed by atoms with Gasteiger partial charge in [-0.1, -0.05) is 13.3 Å². The third kappa shape index (κ3) is 0.889. The van der Waals surface area contributed by atoms with Gasteiger partial charge >= 0.3 is 0 Å². The third-order valence-corrected chi connectivity index (χ3v) is 4.00. The number of fused-ring (bicyclic) bond motifs is 3. The summed E-state index contributed by atoms with van der Waals surface area (Å²) in [6.45, 7) is 2.38. The zero-order chi connectivity index (χ0) is 7.03. The van der Waals surface area contributed by atoms with Crippen LogP contribution >= 0.6 is 0 Å². The molecule has 0 nitrogen and oxygen atoms in total. The second-order valence-corrected chi connectivity index (χ2v) is 4.34. The Bertz CT molecular complexity index is 104. The van der Waals surface area contributed by atoms with Crippen LogP contribution in [0.3, 0.4) is 0 Å². The first-order valence-corrected chi connectivity index (χ1v) is 4.85. The van der Waals surface area contributed by atoms with Crippen molar-refractivity contribution in [2.24, 2.45) is 11.3 Å². The van der Waals surface area contributed by atoms with Gasteiger partial charge in [0.15, 0.2) is 0 Å². The molecule has 0 aromatic heterocycles. The van der Waals surface area contributed by atoms with Gasteiger partial charge in [-0.25, -0.2) is 0 Å². The molecule has 3 fully saturated rings. The van der Waals surface area contributed by atoms with Crippen LogP contribution in [-0.4, -0.2) is 0 Å². The van der Waals surface area contributed by atoms with Gasteiger partial charge in [-0.3, -0.25) is 0 Å². The maximum absolute atomic E-state index is 2.38. The Labute approximate surface area is 64.0 Å². The molecule has 0 aliphatic heterocycles. The predicted octanol–water partition coefficient (Wildman–Crippen LogP) is 3.37. The van der Waals surface area contributed by atoms with Gasteiger partial charge in [0.05, 0.1) is 0 Å². The Balaban J connectivity index is 2.08. The first-order valence-electron chi connectivity index (χ1n) is 4.85. The molecular formula is C10H18. The Morgan fingerprint density at radius 2 is 1.60 bits per heavy atom.